The molecule has 0 fully saturated rings. The van der Waals surface area contributed by atoms with Crippen LogP contribution in [0.1, 0.15) is 26.3 Å². The SMILES string of the molecule is C=C/C(=C(\N=C(/C)Nc1cccc(NC(C)(C)C#N)c1C=N)NCCF)C(F)(F)F. The van der Waals surface area contributed by atoms with Crippen molar-refractivity contribution >= 4 is 23.4 Å². The average molecular weight is 424 g/mol. The zero-order chi connectivity index (χ0) is 22.9. The van der Waals surface area contributed by atoms with Crippen molar-refractivity contribution in [3.63, 3.8) is 0 Å². The van der Waals surface area contributed by atoms with Gasteiger partial charge in [0.15, 0.2) is 0 Å². The first-order chi connectivity index (χ1) is 14.0. The van der Waals surface area contributed by atoms with Gasteiger partial charge in [-0.1, -0.05) is 18.7 Å². The second-order valence-corrected chi connectivity index (χ2v) is 6.68. The molecule has 0 radical (unpaired) electrons. The van der Waals surface area contributed by atoms with Crippen LogP contribution in [0.2, 0.25) is 0 Å². The van der Waals surface area contributed by atoms with E-state index < -0.39 is 29.8 Å². The molecule has 0 bridgehead atoms. The third-order valence-electron chi connectivity index (χ3n) is 3.72. The lowest BCUT2D eigenvalue weighted by Gasteiger charge is -2.22. The van der Waals surface area contributed by atoms with Gasteiger partial charge in [-0.05, 0) is 32.9 Å². The van der Waals surface area contributed by atoms with Crippen molar-refractivity contribution in [2.45, 2.75) is 32.5 Å². The number of alkyl halides is 4. The van der Waals surface area contributed by atoms with E-state index in [0.29, 0.717) is 23.0 Å². The Labute approximate surface area is 172 Å². The van der Waals surface area contributed by atoms with E-state index in [4.69, 9.17) is 5.41 Å². The van der Waals surface area contributed by atoms with Crippen LogP contribution >= 0.6 is 0 Å². The highest BCUT2D eigenvalue weighted by Crippen LogP contribution is 2.29. The van der Waals surface area contributed by atoms with Crippen LogP contribution in [0.3, 0.4) is 0 Å². The number of nitriles is 1. The minimum atomic E-state index is -4.73. The summed E-state index contributed by atoms with van der Waals surface area (Å²) in [6.07, 6.45) is -3.07. The number of halogens is 4. The lowest BCUT2D eigenvalue weighted by molar-refractivity contribution is -0.0893. The first-order valence-corrected chi connectivity index (χ1v) is 8.88. The molecule has 0 saturated carbocycles. The number of amidine groups is 1. The van der Waals surface area contributed by atoms with E-state index in [1.165, 1.54) is 6.92 Å². The maximum Gasteiger partial charge on any atom is 0.419 e. The summed E-state index contributed by atoms with van der Waals surface area (Å²) in [4.78, 5) is 3.91. The minimum Gasteiger partial charge on any atom is -0.367 e. The Hall–Kier alpha value is -3.35. The summed E-state index contributed by atoms with van der Waals surface area (Å²) >= 11 is 0. The van der Waals surface area contributed by atoms with Gasteiger partial charge >= 0.3 is 6.18 Å². The fourth-order valence-corrected chi connectivity index (χ4v) is 2.40. The molecular formula is C20H24F4N6. The van der Waals surface area contributed by atoms with Crippen LogP contribution in [0.5, 0.6) is 0 Å². The first-order valence-electron chi connectivity index (χ1n) is 8.88. The predicted octanol–water partition coefficient (Wildman–Crippen LogP) is 4.75. The maximum atomic E-state index is 13.2. The van der Waals surface area contributed by atoms with Gasteiger partial charge in [0.25, 0.3) is 0 Å². The Morgan fingerprint density at radius 1 is 1.30 bits per heavy atom. The zero-order valence-corrected chi connectivity index (χ0v) is 16.9. The lowest BCUT2D eigenvalue weighted by atomic mass is 10.0. The van der Waals surface area contributed by atoms with E-state index in [9.17, 15) is 22.8 Å². The molecule has 0 aliphatic carbocycles. The van der Waals surface area contributed by atoms with Crippen LogP contribution in [-0.2, 0) is 0 Å². The summed E-state index contributed by atoms with van der Waals surface area (Å²) < 4.78 is 52.2. The van der Waals surface area contributed by atoms with Gasteiger partial charge in [-0.15, -0.1) is 0 Å². The molecule has 0 unspecified atom stereocenters. The summed E-state index contributed by atoms with van der Waals surface area (Å²) in [6, 6.07) is 7.03. The highest BCUT2D eigenvalue weighted by atomic mass is 19.4. The highest BCUT2D eigenvalue weighted by molar-refractivity contribution is 6.02. The van der Waals surface area contributed by atoms with Crippen molar-refractivity contribution < 1.29 is 17.6 Å². The van der Waals surface area contributed by atoms with Gasteiger partial charge in [0.2, 0.25) is 0 Å². The number of hydrogen-bond donors (Lipinski definition) is 4. The van der Waals surface area contributed by atoms with Crippen molar-refractivity contribution in [1.82, 2.24) is 5.32 Å². The molecule has 162 valence electrons. The molecule has 0 amide bonds. The van der Waals surface area contributed by atoms with Crippen LogP contribution in [0.15, 0.2) is 47.2 Å². The predicted molar refractivity (Wildman–Crippen MR) is 112 cm³/mol. The molecule has 1 aromatic rings. The minimum absolute atomic E-state index is 0.0692. The molecule has 0 aromatic heterocycles. The Bertz CT molecular complexity index is 878. The molecule has 0 aliphatic heterocycles. The normalized spacial score (nSPS) is 13.1. The van der Waals surface area contributed by atoms with Gasteiger partial charge in [0.05, 0.1) is 17.3 Å². The molecule has 0 atom stereocenters. The maximum absolute atomic E-state index is 13.2. The van der Waals surface area contributed by atoms with Crippen LogP contribution < -0.4 is 16.0 Å². The van der Waals surface area contributed by atoms with Gasteiger partial charge < -0.3 is 21.4 Å². The Morgan fingerprint density at radius 2 is 1.93 bits per heavy atom. The Kier molecular flexibility index (Phi) is 8.59. The van der Waals surface area contributed by atoms with Crippen LogP contribution in [0.25, 0.3) is 0 Å². The third-order valence-corrected chi connectivity index (χ3v) is 3.72. The van der Waals surface area contributed by atoms with E-state index in [2.05, 4.69) is 33.6 Å². The molecule has 0 spiro atoms. The highest BCUT2D eigenvalue weighted by Gasteiger charge is 2.34. The Morgan fingerprint density at radius 3 is 2.43 bits per heavy atom. The molecule has 0 aliphatic rings. The van der Waals surface area contributed by atoms with Crippen LogP contribution in [-0.4, -0.2) is 37.0 Å². The van der Waals surface area contributed by atoms with Gasteiger partial charge in [-0.25, -0.2) is 9.38 Å². The summed E-state index contributed by atoms with van der Waals surface area (Å²) in [5.41, 5.74) is -0.769. The van der Waals surface area contributed by atoms with Crippen molar-refractivity contribution in [2.24, 2.45) is 4.99 Å². The largest absolute Gasteiger partial charge is 0.419 e. The number of benzene rings is 1. The van der Waals surface area contributed by atoms with Crippen molar-refractivity contribution in [3.8, 4) is 6.07 Å². The van der Waals surface area contributed by atoms with E-state index in [1.54, 1.807) is 32.0 Å². The molecule has 1 rings (SSSR count). The van der Waals surface area contributed by atoms with E-state index in [-0.39, 0.29) is 12.4 Å². The number of rotatable bonds is 9. The number of anilines is 2. The van der Waals surface area contributed by atoms with Crippen molar-refractivity contribution in [3.05, 3.63) is 47.8 Å². The lowest BCUT2D eigenvalue weighted by Crippen LogP contribution is -2.29. The number of hydrogen-bond acceptors (Lipinski definition) is 5. The molecule has 4 N–H and O–H groups in total. The van der Waals surface area contributed by atoms with E-state index in [1.807, 2.05) is 0 Å². The average Bonchev–Trinajstić information content (AvgIpc) is 2.65. The summed E-state index contributed by atoms with van der Waals surface area (Å²) in [7, 11) is 0. The fraction of sp³-hybridized carbons (Fsp3) is 0.350. The smallest absolute Gasteiger partial charge is 0.367 e. The molecule has 10 heteroatoms. The number of allylic oxidation sites excluding steroid dienone is 2. The zero-order valence-electron chi connectivity index (χ0n) is 16.9. The topological polar surface area (TPSA) is 96.1 Å². The van der Waals surface area contributed by atoms with E-state index >= 15 is 0 Å². The van der Waals surface area contributed by atoms with Gasteiger partial charge in [0, 0.05) is 24.0 Å². The second kappa shape index (κ2) is 10.4. The summed E-state index contributed by atoms with van der Waals surface area (Å²) in [5, 5.41) is 25.1. The summed E-state index contributed by atoms with van der Waals surface area (Å²) in [5.74, 6) is -0.504. The molecule has 30 heavy (non-hydrogen) atoms. The van der Waals surface area contributed by atoms with Gasteiger partial charge in [-0.3, -0.25) is 0 Å². The standard InChI is InChI=1S/C20H24F4N6/c1-5-15(20(22,23)24)18(27-10-9-21)29-13(2)28-16-7-6-8-17(14(16)11-25)30-19(3,4)12-26/h5-8,11,25,27,30H,1,9-10H2,2-4H3,(H,28,29)/b18-15+,25-11?. The molecule has 6 nitrogen and oxygen atoms in total. The monoisotopic (exact) mass is 424 g/mol. The summed E-state index contributed by atoms with van der Waals surface area (Å²) in [6.45, 7) is 6.68. The number of nitrogens with zero attached hydrogens (tertiary/aromatic N) is 2. The molecule has 0 heterocycles. The van der Waals surface area contributed by atoms with Crippen molar-refractivity contribution in [1.29, 1.82) is 10.7 Å². The molecule has 1 aromatic carbocycles. The van der Waals surface area contributed by atoms with Crippen LogP contribution in [0, 0.1) is 16.7 Å². The fourth-order valence-electron chi connectivity index (χ4n) is 2.40. The van der Waals surface area contributed by atoms with Gasteiger partial charge in [-0.2, -0.15) is 18.4 Å². The second-order valence-electron chi connectivity index (χ2n) is 6.68. The molecule has 0 saturated heterocycles. The first kappa shape index (κ1) is 24.7. The van der Waals surface area contributed by atoms with Gasteiger partial charge in [0.1, 0.15) is 23.9 Å². The van der Waals surface area contributed by atoms with E-state index in [0.717, 1.165) is 6.21 Å². The number of nitrogens with one attached hydrogen (secondary N) is 4. The van der Waals surface area contributed by atoms with Crippen molar-refractivity contribution in [2.75, 3.05) is 23.9 Å². The Balaban J connectivity index is 3.35. The number of aliphatic imine (C=N–C) groups is 1. The quantitative estimate of drug-likeness (QED) is 0.199. The van der Waals surface area contributed by atoms with Crippen LogP contribution in [0.4, 0.5) is 28.9 Å². The molecular weight excluding hydrogens is 400 g/mol. The third kappa shape index (κ3) is 6.92.